The summed E-state index contributed by atoms with van der Waals surface area (Å²) >= 11 is 0. The SMILES string of the molecule is CCOc1ccc(CNCC(O)c2ccccc2)cc1.[Cl-]. The van der Waals surface area contributed by atoms with Gasteiger partial charge in [0.1, 0.15) is 5.75 Å². The number of rotatable bonds is 7. The van der Waals surface area contributed by atoms with Crippen LogP contribution in [0.4, 0.5) is 0 Å². The van der Waals surface area contributed by atoms with Crippen molar-refractivity contribution in [3.8, 4) is 5.75 Å². The third-order valence-corrected chi connectivity index (χ3v) is 3.09. The van der Waals surface area contributed by atoms with Crippen molar-refractivity contribution in [2.75, 3.05) is 13.2 Å². The second-order valence-electron chi connectivity index (χ2n) is 4.63. The molecular formula is C17H21ClNO2-. The van der Waals surface area contributed by atoms with Crippen molar-refractivity contribution in [1.82, 2.24) is 5.32 Å². The maximum atomic E-state index is 10.0. The quantitative estimate of drug-likeness (QED) is 0.751. The molecule has 21 heavy (non-hydrogen) atoms. The first-order chi connectivity index (χ1) is 9.79. The van der Waals surface area contributed by atoms with Crippen LogP contribution in [-0.2, 0) is 6.54 Å². The summed E-state index contributed by atoms with van der Waals surface area (Å²) in [6, 6.07) is 17.7. The molecule has 2 aromatic carbocycles. The van der Waals surface area contributed by atoms with Crippen LogP contribution in [0.2, 0.25) is 0 Å². The summed E-state index contributed by atoms with van der Waals surface area (Å²) in [6.07, 6.45) is -0.473. The molecule has 0 saturated heterocycles. The van der Waals surface area contributed by atoms with E-state index >= 15 is 0 Å². The lowest BCUT2D eigenvalue weighted by atomic mass is 10.1. The molecule has 0 spiro atoms. The molecule has 114 valence electrons. The molecule has 0 aliphatic carbocycles. The van der Waals surface area contributed by atoms with E-state index in [0.29, 0.717) is 13.2 Å². The van der Waals surface area contributed by atoms with E-state index in [-0.39, 0.29) is 12.4 Å². The number of benzene rings is 2. The number of hydrogen-bond donors (Lipinski definition) is 2. The number of hydrogen-bond acceptors (Lipinski definition) is 3. The van der Waals surface area contributed by atoms with Gasteiger partial charge in [-0.15, -0.1) is 0 Å². The first-order valence-corrected chi connectivity index (χ1v) is 6.95. The molecule has 0 bridgehead atoms. The Morgan fingerprint density at radius 2 is 1.71 bits per heavy atom. The van der Waals surface area contributed by atoms with Crippen LogP contribution in [0.3, 0.4) is 0 Å². The van der Waals surface area contributed by atoms with E-state index in [1.807, 2.05) is 61.5 Å². The lowest BCUT2D eigenvalue weighted by molar-refractivity contribution is -0.00000635. The summed E-state index contributed by atoms with van der Waals surface area (Å²) in [5.74, 6) is 0.889. The van der Waals surface area contributed by atoms with Crippen molar-refractivity contribution in [2.24, 2.45) is 0 Å². The molecule has 4 heteroatoms. The lowest BCUT2D eigenvalue weighted by Crippen LogP contribution is -3.00. The maximum Gasteiger partial charge on any atom is 0.119 e. The predicted octanol–water partition coefficient (Wildman–Crippen LogP) is -0.0875. The third-order valence-electron chi connectivity index (χ3n) is 3.09. The second-order valence-corrected chi connectivity index (χ2v) is 4.63. The summed E-state index contributed by atoms with van der Waals surface area (Å²) in [5, 5.41) is 13.3. The third kappa shape index (κ3) is 5.76. The van der Waals surface area contributed by atoms with Gasteiger partial charge in [0, 0.05) is 13.1 Å². The van der Waals surface area contributed by atoms with E-state index in [1.165, 1.54) is 5.56 Å². The molecule has 0 amide bonds. The van der Waals surface area contributed by atoms with Crippen molar-refractivity contribution < 1.29 is 22.3 Å². The van der Waals surface area contributed by atoms with Gasteiger partial charge in [-0.3, -0.25) is 0 Å². The van der Waals surface area contributed by atoms with E-state index in [0.717, 1.165) is 17.9 Å². The molecule has 3 nitrogen and oxygen atoms in total. The van der Waals surface area contributed by atoms with Crippen LogP contribution in [0, 0.1) is 0 Å². The highest BCUT2D eigenvalue weighted by Gasteiger charge is 2.05. The fourth-order valence-electron chi connectivity index (χ4n) is 2.02. The Labute approximate surface area is 132 Å². The number of nitrogens with one attached hydrogen (secondary N) is 1. The summed E-state index contributed by atoms with van der Waals surface area (Å²) in [4.78, 5) is 0. The van der Waals surface area contributed by atoms with Gasteiger partial charge in [0.25, 0.3) is 0 Å². The molecule has 0 radical (unpaired) electrons. The zero-order valence-corrected chi connectivity index (χ0v) is 12.9. The van der Waals surface area contributed by atoms with Crippen molar-refractivity contribution in [2.45, 2.75) is 19.6 Å². The smallest absolute Gasteiger partial charge is 0.119 e. The van der Waals surface area contributed by atoms with Gasteiger partial charge < -0.3 is 27.6 Å². The molecule has 0 aliphatic rings. The van der Waals surface area contributed by atoms with Crippen LogP contribution in [0.15, 0.2) is 54.6 Å². The molecule has 2 aromatic rings. The summed E-state index contributed by atoms with van der Waals surface area (Å²) < 4.78 is 5.40. The molecule has 2 N–H and O–H groups in total. The van der Waals surface area contributed by atoms with Gasteiger partial charge in [-0.2, -0.15) is 0 Å². The van der Waals surface area contributed by atoms with Crippen LogP contribution in [-0.4, -0.2) is 18.3 Å². The number of halogens is 1. The highest BCUT2D eigenvalue weighted by molar-refractivity contribution is 5.27. The van der Waals surface area contributed by atoms with E-state index in [4.69, 9.17) is 4.74 Å². The topological polar surface area (TPSA) is 41.5 Å². The minimum atomic E-state index is -0.473. The zero-order chi connectivity index (χ0) is 14.2. The minimum absolute atomic E-state index is 0. The van der Waals surface area contributed by atoms with Gasteiger partial charge in [-0.25, -0.2) is 0 Å². The Hall–Kier alpha value is -1.55. The molecule has 0 saturated carbocycles. The molecule has 2 rings (SSSR count). The second kappa shape index (κ2) is 9.40. The van der Waals surface area contributed by atoms with Gasteiger partial charge in [-0.1, -0.05) is 42.5 Å². The Bertz CT molecular complexity index is 502. The van der Waals surface area contributed by atoms with Crippen LogP contribution < -0.4 is 22.5 Å². The fourth-order valence-corrected chi connectivity index (χ4v) is 2.02. The molecule has 1 atom stereocenters. The van der Waals surface area contributed by atoms with Crippen molar-refractivity contribution >= 4 is 0 Å². The van der Waals surface area contributed by atoms with Crippen molar-refractivity contribution in [1.29, 1.82) is 0 Å². The van der Waals surface area contributed by atoms with E-state index < -0.39 is 6.10 Å². The average Bonchev–Trinajstić information content (AvgIpc) is 2.50. The Morgan fingerprint density at radius 1 is 1.05 bits per heavy atom. The summed E-state index contributed by atoms with van der Waals surface area (Å²) in [7, 11) is 0. The average molecular weight is 307 g/mol. The summed E-state index contributed by atoms with van der Waals surface area (Å²) in [5.41, 5.74) is 2.11. The molecule has 0 heterocycles. The minimum Gasteiger partial charge on any atom is -1.00 e. The van der Waals surface area contributed by atoms with Crippen LogP contribution in [0.25, 0.3) is 0 Å². The lowest BCUT2D eigenvalue weighted by Gasteiger charge is -2.12. The molecule has 0 aliphatic heterocycles. The Kier molecular flexibility index (Phi) is 7.83. The van der Waals surface area contributed by atoms with Gasteiger partial charge in [0.15, 0.2) is 0 Å². The highest BCUT2D eigenvalue weighted by atomic mass is 35.5. The predicted molar refractivity (Wildman–Crippen MR) is 80.7 cm³/mol. The summed E-state index contributed by atoms with van der Waals surface area (Å²) in [6.45, 7) is 3.93. The van der Waals surface area contributed by atoms with Gasteiger partial charge in [0.05, 0.1) is 12.7 Å². The normalized spacial score (nSPS) is 11.5. The van der Waals surface area contributed by atoms with E-state index in [9.17, 15) is 5.11 Å². The van der Waals surface area contributed by atoms with Crippen molar-refractivity contribution in [3.05, 3.63) is 65.7 Å². The van der Waals surface area contributed by atoms with Gasteiger partial charge in [-0.05, 0) is 30.2 Å². The van der Waals surface area contributed by atoms with Gasteiger partial charge in [0.2, 0.25) is 0 Å². The van der Waals surface area contributed by atoms with Crippen LogP contribution in [0.1, 0.15) is 24.2 Å². The molecule has 0 aromatic heterocycles. The highest BCUT2D eigenvalue weighted by Crippen LogP contribution is 2.13. The Balaban J connectivity index is 0.00000220. The van der Waals surface area contributed by atoms with Gasteiger partial charge >= 0.3 is 0 Å². The molecule has 0 fully saturated rings. The largest absolute Gasteiger partial charge is 1.00 e. The number of aliphatic hydroxyl groups excluding tert-OH is 1. The van der Waals surface area contributed by atoms with E-state index in [2.05, 4.69) is 5.32 Å². The number of aliphatic hydroxyl groups is 1. The molecule has 1 unspecified atom stereocenters. The Morgan fingerprint density at radius 3 is 2.33 bits per heavy atom. The van der Waals surface area contributed by atoms with Crippen LogP contribution in [0.5, 0.6) is 5.75 Å². The standard InChI is InChI=1S/C17H21NO2.ClH/c1-2-20-16-10-8-14(9-11-16)12-18-13-17(19)15-6-4-3-5-7-15;/h3-11,17-19H,2,12-13H2,1H3;1H/p-1. The monoisotopic (exact) mass is 306 g/mol. The van der Waals surface area contributed by atoms with Crippen LogP contribution >= 0.6 is 0 Å². The maximum absolute atomic E-state index is 10.0. The van der Waals surface area contributed by atoms with E-state index in [1.54, 1.807) is 0 Å². The molecular weight excluding hydrogens is 286 g/mol. The van der Waals surface area contributed by atoms with Crippen molar-refractivity contribution in [3.63, 3.8) is 0 Å². The zero-order valence-electron chi connectivity index (χ0n) is 12.1. The number of ether oxygens (including phenoxy) is 1. The first-order valence-electron chi connectivity index (χ1n) is 6.95. The first kappa shape index (κ1) is 17.5. The fraction of sp³-hybridized carbons (Fsp3) is 0.294.